The topological polar surface area (TPSA) is 129 Å². The van der Waals surface area contributed by atoms with Gasteiger partial charge >= 0.3 is 6.09 Å². The van der Waals surface area contributed by atoms with E-state index in [2.05, 4.69) is 24.4 Å². The zero-order chi connectivity index (χ0) is 28.9. The van der Waals surface area contributed by atoms with Gasteiger partial charge in [-0.1, -0.05) is 54.9 Å². The number of piperidine rings is 1. The predicted molar refractivity (Wildman–Crippen MR) is 155 cm³/mol. The number of carboxylic acid groups (broad SMARTS) is 1. The van der Waals surface area contributed by atoms with Crippen LogP contribution in [0, 0.1) is 12.8 Å². The normalized spacial score (nSPS) is 16.9. The zero-order valence-electron chi connectivity index (χ0n) is 23.1. The Hall–Kier alpha value is -3.33. The van der Waals surface area contributed by atoms with Crippen LogP contribution in [0.3, 0.4) is 0 Å². The van der Waals surface area contributed by atoms with E-state index in [-0.39, 0.29) is 37.1 Å². The highest BCUT2D eigenvalue weighted by molar-refractivity contribution is 6.33. The summed E-state index contributed by atoms with van der Waals surface area (Å²) in [5, 5.41) is 24.6. The van der Waals surface area contributed by atoms with Crippen LogP contribution in [0.5, 0.6) is 0 Å². The number of amides is 2. The van der Waals surface area contributed by atoms with E-state index in [1.54, 1.807) is 17.9 Å². The molecule has 1 aromatic heterocycles. The Balaban J connectivity index is 1.72. The molecule has 1 aliphatic heterocycles. The first-order valence-electron chi connectivity index (χ1n) is 13.8. The van der Waals surface area contributed by atoms with Crippen molar-refractivity contribution in [2.24, 2.45) is 11.7 Å². The van der Waals surface area contributed by atoms with E-state index >= 15 is 0 Å². The first-order valence-corrected chi connectivity index (χ1v) is 14.2. The summed E-state index contributed by atoms with van der Waals surface area (Å²) in [7, 11) is 0. The van der Waals surface area contributed by atoms with E-state index in [1.807, 2.05) is 30.3 Å². The molecular weight excluding hydrogens is 530 g/mol. The molecule has 5 N–H and O–H groups in total. The lowest BCUT2D eigenvalue weighted by Gasteiger charge is -2.43. The Morgan fingerprint density at radius 3 is 2.70 bits per heavy atom. The van der Waals surface area contributed by atoms with Gasteiger partial charge in [0.2, 0.25) is 0 Å². The molecule has 0 spiro atoms. The molecule has 1 fully saturated rings. The number of hydrogen-bond donors (Lipinski definition) is 4. The fourth-order valence-corrected chi connectivity index (χ4v) is 6.06. The number of nitrogens with two attached hydrogens (primary N) is 1. The van der Waals surface area contributed by atoms with Crippen LogP contribution in [0.1, 0.15) is 65.6 Å². The van der Waals surface area contributed by atoms with Gasteiger partial charge in [0.15, 0.2) is 5.76 Å². The highest BCUT2D eigenvalue weighted by Gasteiger charge is 2.43. The van der Waals surface area contributed by atoms with Gasteiger partial charge in [-0.3, -0.25) is 4.79 Å². The maximum absolute atomic E-state index is 13.5. The van der Waals surface area contributed by atoms with Crippen molar-refractivity contribution in [3.63, 3.8) is 0 Å². The quantitative estimate of drug-likeness (QED) is 0.232. The van der Waals surface area contributed by atoms with E-state index in [1.165, 1.54) is 0 Å². The van der Waals surface area contributed by atoms with Gasteiger partial charge < -0.3 is 30.6 Å². The number of rotatable bonds is 10. The van der Waals surface area contributed by atoms with Gasteiger partial charge in [-0.15, -0.1) is 0 Å². The van der Waals surface area contributed by atoms with E-state index in [9.17, 15) is 14.7 Å². The highest BCUT2D eigenvalue weighted by atomic mass is 35.5. The van der Waals surface area contributed by atoms with Crippen molar-refractivity contribution in [1.29, 1.82) is 0 Å². The molecule has 1 aliphatic rings. The molecule has 4 rings (SSSR count). The summed E-state index contributed by atoms with van der Waals surface area (Å²) in [6.45, 7) is 5.22. The number of carbonyl (C=O) groups is 2. The standard InChI is InChI=1S/C31H38ClN3O5/c1-3-21-8-4-9-22(16-21)28-25(11-5-12-26(28)32)31(39,13-7-14-34-30(37)38)24-10-6-15-35(19-24)29(36)27-17-23(18-33)20(2)40-27/h4-5,8-9,11-12,16-17,24,34,39H,3,6-7,10,13-15,18-19,33H2,1-2H3,(H,37,38). The molecule has 0 bridgehead atoms. The molecule has 9 heteroatoms. The lowest BCUT2D eigenvalue weighted by atomic mass is 9.72. The number of carbonyl (C=O) groups excluding carboxylic acids is 1. The van der Waals surface area contributed by atoms with Gasteiger partial charge in [-0.2, -0.15) is 0 Å². The van der Waals surface area contributed by atoms with Crippen molar-refractivity contribution in [1.82, 2.24) is 10.2 Å². The van der Waals surface area contributed by atoms with Crippen LogP contribution in [0.2, 0.25) is 5.02 Å². The summed E-state index contributed by atoms with van der Waals surface area (Å²) < 4.78 is 5.73. The van der Waals surface area contributed by atoms with E-state index in [0.29, 0.717) is 48.7 Å². The van der Waals surface area contributed by atoms with E-state index < -0.39 is 11.7 Å². The van der Waals surface area contributed by atoms with Crippen molar-refractivity contribution < 1.29 is 24.2 Å². The van der Waals surface area contributed by atoms with Crippen LogP contribution in [0.15, 0.2) is 52.9 Å². The maximum Gasteiger partial charge on any atom is 0.404 e. The number of nitrogens with zero attached hydrogens (tertiary/aromatic N) is 1. The molecule has 40 heavy (non-hydrogen) atoms. The van der Waals surface area contributed by atoms with Gasteiger partial charge in [0, 0.05) is 48.2 Å². The Bertz CT molecular complexity index is 1360. The summed E-state index contributed by atoms with van der Waals surface area (Å²) in [5.41, 5.74) is 8.70. The first kappa shape index (κ1) is 29.6. The van der Waals surface area contributed by atoms with Crippen molar-refractivity contribution in [2.45, 2.75) is 58.1 Å². The second-order valence-electron chi connectivity index (χ2n) is 10.5. The Kier molecular flexibility index (Phi) is 9.56. The number of aryl methyl sites for hydroxylation is 2. The molecule has 2 amide bonds. The average molecular weight is 568 g/mol. The molecule has 2 unspecified atom stereocenters. The minimum absolute atomic E-state index is 0.196. The first-order chi connectivity index (χ1) is 19.2. The lowest BCUT2D eigenvalue weighted by molar-refractivity contribution is -0.0566. The summed E-state index contributed by atoms with van der Waals surface area (Å²) in [6, 6.07) is 15.4. The molecule has 8 nitrogen and oxygen atoms in total. The molecule has 3 aromatic rings. The minimum Gasteiger partial charge on any atom is -0.465 e. The second-order valence-corrected chi connectivity index (χ2v) is 10.9. The second kappa shape index (κ2) is 12.9. The zero-order valence-corrected chi connectivity index (χ0v) is 23.8. The van der Waals surface area contributed by atoms with Crippen LogP contribution in [-0.4, -0.2) is 46.7 Å². The highest BCUT2D eigenvalue weighted by Crippen LogP contribution is 2.45. The Morgan fingerprint density at radius 2 is 2.00 bits per heavy atom. The number of hydrogen-bond acceptors (Lipinski definition) is 5. The fraction of sp³-hybridized carbons (Fsp3) is 0.419. The van der Waals surface area contributed by atoms with Crippen molar-refractivity contribution in [3.05, 3.63) is 81.8 Å². The third-order valence-electron chi connectivity index (χ3n) is 7.95. The average Bonchev–Trinajstić information content (AvgIpc) is 3.35. The molecular formula is C31H38ClN3O5. The van der Waals surface area contributed by atoms with Crippen LogP contribution in [0.4, 0.5) is 4.79 Å². The fourth-order valence-electron chi connectivity index (χ4n) is 5.77. The summed E-state index contributed by atoms with van der Waals surface area (Å²) in [5.74, 6) is 0.323. The van der Waals surface area contributed by atoms with Crippen LogP contribution in [-0.2, 0) is 18.6 Å². The number of furan rings is 1. The van der Waals surface area contributed by atoms with Crippen molar-refractivity contribution >= 4 is 23.6 Å². The van der Waals surface area contributed by atoms with Gasteiger partial charge in [-0.25, -0.2) is 4.79 Å². The van der Waals surface area contributed by atoms with Crippen molar-refractivity contribution in [2.75, 3.05) is 19.6 Å². The SMILES string of the molecule is CCc1cccc(-c2c(Cl)cccc2C(O)(CCCNC(=O)O)C2CCCN(C(=O)c3cc(CN)c(C)o3)C2)c1. The Morgan fingerprint density at radius 1 is 1.23 bits per heavy atom. The lowest BCUT2D eigenvalue weighted by Crippen LogP contribution is -2.48. The van der Waals surface area contributed by atoms with Gasteiger partial charge in [-0.05, 0) is 67.9 Å². The van der Waals surface area contributed by atoms with Gasteiger partial charge in [0.05, 0.1) is 5.60 Å². The Labute approximate surface area is 240 Å². The molecule has 2 atom stereocenters. The minimum atomic E-state index is -1.37. The third kappa shape index (κ3) is 6.35. The number of halogens is 1. The molecule has 2 aromatic carbocycles. The summed E-state index contributed by atoms with van der Waals surface area (Å²) >= 11 is 6.81. The van der Waals surface area contributed by atoms with Crippen molar-refractivity contribution in [3.8, 4) is 11.1 Å². The monoisotopic (exact) mass is 567 g/mol. The van der Waals surface area contributed by atoms with E-state index in [0.717, 1.165) is 28.7 Å². The molecule has 214 valence electrons. The molecule has 0 radical (unpaired) electrons. The number of aliphatic hydroxyl groups is 1. The van der Waals surface area contributed by atoms with Gasteiger partial charge in [0.1, 0.15) is 5.76 Å². The molecule has 0 saturated carbocycles. The predicted octanol–water partition coefficient (Wildman–Crippen LogP) is 5.72. The molecule has 2 heterocycles. The number of likely N-dealkylation sites (tertiary alicyclic amines) is 1. The smallest absolute Gasteiger partial charge is 0.404 e. The van der Waals surface area contributed by atoms with Crippen LogP contribution < -0.4 is 11.1 Å². The van der Waals surface area contributed by atoms with Gasteiger partial charge in [0.25, 0.3) is 5.91 Å². The van der Waals surface area contributed by atoms with Crippen LogP contribution >= 0.6 is 11.6 Å². The molecule has 1 saturated heterocycles. The molecule has 0 aliphatic carbocycles. The third-order valence-corrected chi connectivity index (χ3v) is 8.27. The van der Waals surface area contributed by atoms with E-state index in [4.69, 9.17) is 26.9 Å². The maximum atomic E-state index is 13.5. The number of benzene rings is 2. The van der Waals surface area contributed by atoms with Crippen LogP contribution in [0.25, 0.3) is 11.1 Å². The number of nitrogens with one attached hydrogen (secondary N) is 1. The summed E-state index contributed by atoms with van der Waals surface area (Å²) in [4.78, 5) is 26.3. The summed E-state index contributed by atoms with van der Waals surface area (Å²) in [6.07, 6.45) is 1.85. The largest absolute Gasteiger partial charge is 0.465 e.